The van der Waals surface area contributed by atoms with E-state index in [0.717, 1.165) is 86.4 Å². The SMILES string of the molecule is CN1CCN(Cc2cc(NC(=O)Nc3cc(-c4ccc5nc(NC6CCNCC6)ncc5c4)n(C)n3)cc(C(F)(F)F)c2)CC1. The molecule has 2 amide bonds. The van der Waals surface area contributed by atoms with Gasteiger partial charge in [-0.25, -0.2) is 14.8 Å². The molecule has 0 atom stereocenters. The number of anilines is 3. The molecule has 2 aromatic carbocycles. The number of nitrogens with zero attached hydrogens (tertiary/aromatic N) is 6. The molecule has 2 fully saturated rings. The van der Waals surface area contributed by atoms with E-state index in [1.54, 1.807) is 30.1 Å². The second kappa shape index (κ2) is 13.0. The molecule has 0 bridgehead atoms. The number of carbonyl (C=O) groups excluding carboxylic acids is 1. The summed E-state index contributed by atoms with van der Waals surface area (Å²) in [5.41, 5.74) is 2.13. The number of piperidine rings is 1. The van der Waals surface area contributed by atoms with Gasteiger partial charge in [-0.1, -0.05) is 6.07 Å². The molecule has 45 heavy (non-hydrogen) atoms. The zero-order valence-electron chi connectivity index (χ0n) is 25.3. The fourth-order valence-corrected chi connectivity index (χ4v) is 5.77. The highest BCUT2D eigenvalue weighted by atomic mass is 19.4. The van der Waals surface area contributed by atoms with Crippen molar-refractivity contribution in [3.05, 3.63) is 59.8 Å². The number of carbonyl (C=O) groups is 1. The molecule has 6 rings (SSSR count). The molecule has 14 heteroatoms. The minimum absolute atomic E-state index is 0.0612. The Bertz CT molecular complexity index is 1660. The summed E-state index contributed by atoms with van der Waals surface area (Å²) >= 11 is 0. The third kappa shape index (κ3) is 7.70. The van der Waals surface area contributed by atoms with E-state index in [0.29, 0.717) is 24.1 Å². The van der Waals surface area contributed by atoms with Crippen molar-refractivity contribution in [2.24, 2.45) is 7.05 Å². The predicted octanol–water partition coefficient (Wildman–Crippen LogP) is 4.60. The van der Waals surface area contributed by atoms with Crippen LogP contribution in [0.3, 0.4) is 0 Å². The summed E-state index contributed by atoms with van der Waals surface area (Å²) in [4.78, 5) is 26.4. The summed E-state index contributed by atoms with van der Waals surface area (Å²) in [6, 6.07) is 10.8. The number of fused-ring (bicyclic) bond motifs is 1. The molecule has 2 aliphatic rings. The standard InChI is InChI=1S/C31H37F3N10O/c1-42-9-11-44(12-10-42)19-20-13-23(31(32,33)34)16-25(14-20)38-30(45)40-28-17-27(43(2)41-28)21-3-4-26-22(15-21)18-36-29(39-26)37-24-5-7-35-8-6-24/h3-4,13-18,24,35H,5-12,19H2,1-2H3,(H,36,37,39)(H2,38,40,41,45). The number of aromatic nitrogens is 4. The number of hydrogen-bond acceptors (Lipinski definition) is 8. The van der Waals surface area contributed by atoms with Gasteiger partial charge in [0.1, 0.15) is 0 Å². The summed E-state index contributed by atoms with van der Waals surface area (Å²) in [6.45, 7) is 5.54. The molecule has 4 aromatic rings. The van der Waals surface area contributed by atoms with Gasteiger partial charge < -0.3 is 20.9 Å². The lowest BCUT2D eigenvalue weighted by atomic mass is 10.1. The van der Waals surface area contributed by atoms with Crippen LogP contribution in [0.25, 0.3) is 22.2 Å². The van der Waals surface area contributed by atoms with Crippen molar-refractivity contribution in [1.29, 1.82) is 0 Å². The molecule has 4 heterocycles. The highest BCUT2D eigenvalue weighted by Gasteiger charge is 2.31. The van der Waals surface area contributed by atoms with Gasteiger partial charge in [-0.3, -0.25) is 14.9 Å². The van der Waals surface area contributed by atoms with E-state index in [1.807, 2.05) is 25.2 Å². The van der Waals surface area contributed by atoms with Crippen LogP contribution >= 0.6 is 0 Å². The highest BCUT2D eigenvalue weighted by molar-refractivity contribution is 5.99. The minimum Gasteiger partial charge on any atom is -0.351 e. The lowest BCUT2D eigenvalue weighted by Crippen LogP contribution is -2.43. The molecule has 0 radical (unpaired) electrons. The Hall–Kier alpha value is -4.27. The average Bonchev–Trinajstić information content (AvgIpc) is 3.37. The lowest BCUT2D eigenvalue weighted by Gasteiger charge is -2.32. The van der Waals surface area contributed by atoms with E-state index in [4.69, 9.17) is 0 Å². The Balaban J connectivity index is 1.13. The number of rotatable bonds is 7. The first-order valence-corrected chi connectivity index (χ1v) is 15.1. The van der Waals surface area contributed by atoms with Crippen LogP contribution in [0.15, 0.2) is 48.7 Å². The monoisotopic (exact) mass is 622 g/mol. The Morgan fingerprint density at radius 1 is 1.00 bits per heavy atom. The molecule has 238 valence electrons. The zero-order chi connectivity index (χ0) is 31.6. The smallest absolute Gasteiger partial charge is 0.351 e. The van der Waals surface area contributed by atoms with Gasteiger partial charge in [-0.15, -0.1) is 0 Å². The molecule has 0 aliphatic carbocycles. The second-order valence-corrected chi connectivity index (χ2v) is 11.7. The number of likely N-dealkylation sites (N-methyl/N-ethyl adjacent to an activating group) is 1. The van der Waals surface area contributed by atoms with Gasteiger partial charge in [0, 0.05) is 74.7 Å². The van der Waals surface area contributed by atoms with E-state index < -0.39 is 17.8 Å². The average molecular weight is 623 g/mol. The van der Waals surface area contributed by atoms with Crippen molar-refractivity contribution < 1.29 is 18.0 Å². The number of hydrogen-bond donors (Lipinski definition) is 4. The van der Waals surface area contributed by atoms with Crippen LogP contribution < -0.4 is 21.3 Å². The van der Waals surface area contributed by atoms with Gasteiger partial charge in [0.05, 0.1) is 16.8 Å². The molecular weight excluding hydrogens is 585 g/mol. The fraction of sp³-hybridized carbons (Fsp3) is 0.419. The van der Waals surface area contributed by atoms with Crippen LogP contribution in [0.1, 0.15) is 24.0 Å². The van der Waals surface area contributed by atoms with Crippen LogP contribution in [0, 0.1) is 0 Å². The summed E-state index contributed by atoms with van der Waals surface area (Å²) in [5, 5.41) is 17.2. The van der Waals surface area contributed by atoms with Gasteiger partial charge >= 0.3 is 12.2 Å². The van der Waals surface area contributed by atoms with Crippen LogP contribution in [0.5, 0.6) is 0 Å². The topological polar surface area (TPSA) is 115 Å². The zero-order valence-corrected chi connectivity index (χ0v) is 25.3. The van der Waals surface area contributed by atoms with E-state index in [9.17, 15) is 18.0 Å². The van der Waals surface area contributed by atoms with Crippen molar-refractivity contribution in [2.75, 3.05) is 62.3 Å². The van der Waals surface area contributed by atoms with E-state index in [2.05, 4.69) is 46.1 Å². The highest BCUT2D eigenvalue weighted by Crippen LogP contribution is 2.33. The van der Waals surface area contributed by atoms with Crippen molar-refractivity contribution in [2.45, 2.75) is 31.6 Å². The first-order chi connectivity index (χ1) is 21.6. The maximum atomic E-state index is 13.7. The number of piperazine rings is 1. The van der Waals surface area contributed by atoms with Crippen molar-refractivity contribution in [1.82, 2.24) is 34.9 Å². The largest absolute Gasteiger partial charge is 0.416 e. The summed E-state index contributed by atoms with van der Waals surface area (Å²) in [5.74, 6) is 0.861. The third-order valence-electron chi connectivity index (χ3n) is 8.25. The number of halogens is 3. The quantitative estimate of drug-likeness (QED) is 0.237. The lowest BCUT2D eigenvalue weighted by molar-refractivity contribution is -0.137. The number of alkyl halides is 3. The maximum Gasteiger partial charge on any atom is 0.416 e. The summed E-state index contributed by atoms with van der Waals surface area (Å²) < 4.78 is 42.8. The van der Waals surface area contributed by atoms with Crippen LogP contribution in [0.4, 0.5) is 35.4 Å². The first-order valence-electron chi connectivity index (χ1n) is 15.1. The summed E-state index contributed by atoms with van der Waals surface area (Å²) in [7, 11) is 3.77. The van der Waals surface area contributed by atoms with Crippen molar-refractivity contribution >= 4 is 34.4 Å². The fourth-order valence-electron chi connectivity index (χ4n) is 5.77. The molecule has 2 saturated heterocycles. The Labute approximate surface area is 259 Å². The molecule has 0 unspecified atom stereocenters. The van der Waals surface area contributed by atoms with Crippen molar-refractivity contribution in [3.63, 3.8) is 0 Å². The normalized spacial score (nSPS) is 17.0. The van der Waals surface area contributed by atoms with E-state index >= 15 is 0 Å². The number of amides is 2. The molecule has 0 saturated carbocycles. The van der Waals surface area contributed by atoms with Crippen LogP contribution in [-0.4, -0.2) is 87.9 Å². The van der Waals surface area contributed by atoms with E-state index in [1.165, 1.54) is 0 Å². The van der Waals surface area contributed by atoms with Gasteiger partial charge in [-0.05, 0) is 68.9 Å². The minimum atomic E-state index is -4.54. The van der Waals surface area contributed by atoms with Gasteiger partial charge in [0.15, 0.2) is 5.82 Å². The molecule has 4 N–H and O–H groups in total. The van der Waals surface area contributed by atoms with Gasteiger partial charge in [0.2, 0.25) is 5.95 Å². The predicted molar refractivity (Wildman–Crippen MR) is 168 cm³/mol. The first kappa shape index (κ1) is 30.7. The van der Waals surface area contributed by atoms with Gasteiger partial charge in [-0.2, -0.15) is 18.3 Å². The molecule has 11 nitrogen and oxygen atoms in total. The molecule has 2 aromatic heterocycles. The van der Waals surface area contributed by atoms with Crippen LogP contribution in [0.2, 0.25) is 0 Å². The number of benzene rings is 2. The Kier molecular flexibility index (Phi) is 8.88. The van der Waals surface area contributed by atoms with Gasteiger partial charge in [0.25, 0.3) is 0 Å². The molecular formula is C31H37F3N10O. The van der Waals surface area contributed by atoms with E-state index in [-0.39, 0.29) is 11.5 Å². The number of urea groups is 1. The van der Waals surface area contributed by atoms with Crippen molar-refractivity contribution in [3.8, 4) is 11.3 Å². The molecule has 2 aliphatic heterocycles. The Morgan fingerprint density at radius 3 is 2.53 bits per heavy atom. The Morgan fingerprint density at radius 2 is 1.78 bits per heavy atom. The summed E-state index contributed by atoms with van der Waals surface area (Å²) in [6.07, 6.45) is -0.720. The maximum absolute atomic E-state index is 13.7. The second-order valence-electron chi connectivity index (χ2n) is 11.7. The molecule has 0 spiro atoms. The number of aryl methyl sites for hydroxylation is 1. The number of nitrogens with one attached hydrogen (secondary N) is 4. The third-order valence-corrected chi connectivity index (χ3v) is 8.25. The van der Waals surface area contributed by atoms with Crippen LogP contribution in [-0.2, 0) is 19.8 Å².